The molecule has 4 atom stereocenters. The van der Waals surface area contributed by atoms with Crippen molar-refractivity contribution in [1.82, 2.24) is 0 Å². The molecule has 0 spiro atoms. The minimum Gasteiger partial charge on any atom is -0.0847 e. The van der Waals surface area contributed by atoms with E-state index in [0.717, 1.165) is 23.7 Å². The van der Waals surface area contributed by atoms with Crippen LogP contribution in [0.5, 0.6) is 0 Å². The van der Waals surface area contributed by atoms with Gasteiger partial charge in [0.15, 0.2) is 0 Å². The molecule has 0 fully saturated rings. The Hall–Kier alpha value is -0.260. The predicted molar refractivity (Wildman–Crippen MR) is 82.7 cm³/mol. The molecule has 1 aliphatic carbocycles. The lowest BCUT2D eigenvalue weighted by atomic mass is 9.75. The summed E-state index contributed by atoms with van der Waals surface area (Å²) < 4.78 is 0. The Labute approximate surface area is 115 Å². The summed E-state index contributed by atoms with van der Waals surface area (Å²) in [5.41, 5.74) is 1.73. The van der Waals surface area contributed by atoms with E-state index in [9.17, 15) is 0 Å². The topological polar surface area (TPSA) is 0 Å². The third kappa shape index (κ3) is 4.78. The van der Waals surface area contributed by atoms with Crippen LogP contribution in [0.2, 0.25) is 0 Å². The zero-order valence-corrected chi connectivity index (χ0v) is 13.3. The monoisotopic (exact) mass is 250 g/mol. The molecule has 0 bridgehead atoms. The average Bonchev–Trinajstić information content (AvgIpc) is 2.26. The summed E-state index contributed by atoms with van der Waals surface area (Å²) in [6.45, 7) is 12.1. The van der Waals surface area contributed by atoms with Gasteiger partial charge < -0.3 is 0 Å². The molecule has 0 aromatic rings. The summed E-state index contributed by atoms with van der Waals surface area (Å²) >= 11 is 0. The highest BCUT2D eigenvalue weighted by Gasteiger charge is 2.23. The summed E-state index contributed by atoms with van der Waals surface area (Å²) in [6.07, 6.45) is 12.2. The number of rotatable bonds is 9. The highest BCUT2D eigenvalue weighted by atomic mass is 14.3. The minimum absolute atomic E-state index is 0.823. The van der Waals surface area contributed by atoms with Crippen molar-refractivity contribution < 1.29 is 0 Å². The zero-order chi connectivity index (χ0) is 13.5. The van der Waals surface area contributed by atoms with Crippen LogP contribution < -0.4 is 0 Å². The maximum absolute atomic E-state index is 2.47. The second kappa shape index (κ2) is 8.02. The Bertz CT molecular complexity index is 251. The van der Waals surface area contributed by atoms with Gasteiger partial charge in [-0.1, -0.05) is 72.0 Å². The Morgan fingerprint density at radius 2 is 1.67 bits per heavy atom. The van der Waals surface area contributed by atoms with E-state index in [0.29, 0.717) is 0 Å². The molecule has 0 radical (unpaired) electrons. The number of hydrogen-bond acceptors (Lipinski definition) is 0. The van der Waals surface area contributed by atoms with E-state index in [1.807, 2.05) is 0 Å². The van der Waals surface area contributed by atoms with Crippen molar-refractivity contribution in [2.45, 2.75) is 79.6 Å². The molecular formula is C18H34. The molecule has 0 aliphatic heterocycles. The van der Waals surface area contributed by atoms with Gasteiger partial charge in [-0.05, 0) is 42.9 Å². The largest absolute Gasteiger partial charge is 0.0847 e. The van der Waals surface area contributed by atoms with Crippen LogP contribution in [0.3, 0.4) is 0 Å². The van der Waals surface area contributed by atoms with E-state index in [-0.39, 0.29) is 0 Å². The first-order chi connectivity index (χ1) is 8.56. The van der Waals surface area contributed by atoms with Crippen molar-refractivity contribution in [2.75, 3.05) is 0 Å². The molecule has 0 aromatic heterocycles. The van der Waals surface area contributed by atoms with E-state index >= 15 is 0 Å². The third-order valence-electron chi connectivity index (χ3n) is 5.26. The van der Waals surface area contributed by atoms with Crippen molar-refractivity contribution in [3.63, 3.8) is 0 Å². The fourth-order valence-electron chi connectivity index (χ4n) is 3.11. The standard InChI is InChI=1S/C18H34/c1-6-7-8-10-14(2)15(3)13-16(4)17(5)18-11-9-12-18/h11,14-17H,6-10,12-13H2,1-5H3. The highest BCUT2D eigenvalue weighted by molar-refractivity contribution is 5.15. The minimum atomic E-state index is 0.823. The first-order valence-corrected chi connectivity index (χ1v) is 8.25. The molecule has 4 unspecified atom stereocenters. The lowest BCUT2D eigenvalue weighted by Crippen LogP contribution is -2.19. The summed E-state index contributed by atoms with van der Waals surface area (Å²) in [6, 6.07) is 0. The maximum atomic E-state index is 2.47. The van der Waals surface area contributed by atoms with Crippen LogP contribution in [0, 0.1) is 23.7 Å². The van der Waals surface area contributed by atoms with Gasteiger partial charge in [0.1, 0.15) is 0 Å². The van der Waals surface area contributed by atoms with Gasteiger partial charge >= 0.3 is 0 Å². The number of unbranched alkanes of at least 4 members (excludes halogenated alkanes) is 2. The van der Waals surface area contributed by atoms with Crippen LogP contribution in [0.4, 0.5) is 0 Å². The van der Waals surface area contributed by atoms with Crippen molar-refractivity contribution >= 4 is 0 Å². The summed E-state index contributed by atoms with van der Waals surface area (Å²) in [5.74, 6) is 3.48. The van der Waals surface area contributed by atoms with Gasteiger partial charge in [-0.2, -0.15) is 0 Å². The molecule has 1 rings (SSSR count). The van der Waals surface area contributed by atoms with Gasteiger partial charge in [0.25, 0.3) is 0 Å². The van der Waals surface area contributed by atoms with Gasteiger partial charge in [-0.25, -0.2) is 0 Å². The molecule has 18 heavy (non-hydrogen) atoms. The van der Waals surface area contributed by atoms with Gasteiger partial charge in [0, 0.05) is 0 Å². The number of hydrogen-bond donors (Lipinski definition) is 0. The third-order valence-corrected chi connectivity index (χ3v) is 5.26. The molecule has 0 heterocycles. The fourth-order valence-corrected chi connectivity index (χ4v) is 3.11. The zero-order valence-electron chi connectivity index (χ0n) is 13.3. The second-order valence-electron chi connectivity index (χ2n) is 6.77. The molecule has 1 aliphatic rings. The Kier molecular flexibility index (Phi) is 7.04. The van der Waals surface area contributed by atoms with E-state index in [4.69, 9.17) is 0 Å². The molecule has 0 nitrogen and oxygen atoms in total. The first-order valence-electron chi connectivity index (χ1n) is 8.25. The summed E-state index contributed by atoms with van der Waals surface area (Å²) in [5, 5.41) is 0. The molecule has 0 N–H and O–H groups in total. The Balaban J connectivity index is 2.26. The quantitative estimate of drug-likeness (QED) is 0.336. The Morgan fingerprint density at radius 1 is 1.00 bits per heavy atom. The first kappa shape index (κ1) is 15.8. The molecule has 0 amide bonds. The molecule has 0 saturated heterocycles. The molecule has 0 saturated carbocycles. The molecule has 106 valence electrons. The normalized spacial score (nSPS) is 21.7. The summed E-state index contributed by atoms with van der Waals surface area (Å²) in [4.78, 5) is 0. The predicted octanol–water partition coefficient (Wildman–Crippen LogP) is 6.22. The van der Waals surface area contributed by atoms with Crippen LogP contribution in [-0.4, -0.2) is 0 Å². The summed E-state index contributed by atoms with van der Waals surface area (Å²) in [7, 11) is 0. The van der Waals surface area contributed by atoms with Crippen molar-refractivity contribution in [3.05, 3.63) is 11.6 Å². The van der Waals surface area contributed by atoms with Crippen LogP contribution in [0.25, 0.3) is 0 Å². The van der Waals surface area contributed by atoms with Crippen molar-refractivity contribution in [3.8, 4) is 0 Å². The maximum Gasteiger partial charge on any atom is -0.0206 e. The molecular weight excluding hydrogens is 216 g/mol. The van der Waals surface area contributed by atoms with Crippen LogP contribution in [0.15, 0.2) is 11.6 Å². The van der Waals surface area contributed by atoms with E-state index in [1.165, 1.54) is 44.9 Å². The van der Waals surface area contributed by atoms with Crippen LogP contribution in [0.1, 0.15) is 79.6 Å². The van der Waals surface area contributed by atoms with Gasteiger partial charge in [-0.3, -0.25) is 0 Å². The van der Waals surface area contributed by atoms with Crippen molar-refractivity contribution in [1.29, 1.82) is 0 Å². The Morgan fingerprint density at radius 3 is 2.17 bits per heavy atom. The van der Waals surface area contributed by atoms with E-state index in [1.54, 1.807) is 5.57 Å². The molecule has 0 heteroatoms. The molecule has 0 aromatic carbocycles. The van der Waals surface area contributed by atoms with Crippen LogP contribution in [-0.2, 0) is 0 Å². The average molecular weight is 250 g/mol. The SMILES string of the molecule is CCCCCC(C)C(C)CC(C)C(C)C1=CCC1. The number of allylic oxidation sites excluding steroid dienone is 2. The highest BCUT2D eigenvalue weighted by Crippen LogP contribution is 2.35. The van der Waals surface area contributed by atoms with E-state index in [2.05, 4.69) is 40.7 Å². The van der Waals surface area contributed by atoms with Crippen molar-refractivity contribution in [2.24, 2.45) is 23.7 Å². The van der Waals surface area contributed by atoms with Gasteiger partial charge in [0.2, 0.25) is 0 Å². The van der Waals surface area contributed by atoms with Gasteiger partial charge in [-0.15, -0.1) is 0 Å². The smallest absolute Gasteiger partial charge is 0.0206 e. The van der Waals surface area contributed by atoms with Crippen LogP contribution >= 0.6 is 0 Å². The second-order valence-corrected chi connectivity index (χ2v) is 6.77. The fraction of sp³-hybridized carbons (Fsp3) is 0.889. The van der Waals surface area contributed by atoms with Gasteiger partial charge in [0.05, 0.1) is 0 Å². The lowest BCUT2D eigenvalue weighted by molar-refractivity contribution is 0.261. The van der Waals surface area contributed by atoms with E-state index < -0.39 is 0 Å². The lowest BCUT2D eigenvalue weighted by Gasteiger charge is -2.30.